The fourth-order valence-corrected chi connectivity index (χ4v) is 2.57. The zero-order valence-electron chi connectivity index (χ0n) is 14.3. The van der Waals surface area contributed by atoms with Gasteiger partial charge in [-0.25, -0.2) is 0 Å². The van der Waals surface area contributed by atoms with E-state index in [-0.39, 0.29) is 11.8 Å². The van der Waals surface area contributed by atoms with Crippen LogP contribution in [0.2, 0.25) is 0 Å². The molecule has 0 bridgehead atoms. The van der Waals surface area contributed by atoms with E-state index in [1.807, 2.05) is 66.7 Å². The molecule has 4 heteroatoms. The van der Waals surface area contributed by atoms with E-state index in [1.54, 1.807) is 19.0 Å². The molecule has 0 saturated heterocycles. The van der Waals surface area contributed by atoms with Crippen LogP contribution in [-0.2, 0) is 11.2 Å². The monoisotopic (exact) mass is 332 g/mol. The van der Waals surface area contributed by atoms with Crippen molar-refractivity contribution in [1.82, 2.24) is 4.90 Å². The highest BCUT2D eigenvalue weighted by Gasteiger charge is 2.08. The smallest absolute Gasteiger partial charge is 0.255 e. The van der Waals surface area contributed by atoms with Crippen molar-refractivity contribution in [1.29, 1.82) is 0 Å². The standard InChI is InChI=1S/C21H20N2O2/c1-23(2)20(24)13-15-7-11-19(12-8-15)22-21(25)18-10-9-16-5-3-4-6-17(16)14-18/h3-12,14H,13H2,1-2H3,(H,22,25). The van der Waals surface area contributed by atoms with E-state index in [4.69, 9.17) is 0 Å². The number of benzene rings is 3. The van der Waals surface area contributed by atoms with Crippen molar-refractivity contribution in [2.24, 2.45) is 0 Å². The number of hydrogen-bond donors (Lipinski definition) is 1. The van der Waals surface area contributed by atoms with Crippen LogP contribution in [0, 0.1) is 0 Å². The molecular weight excluding hydrogens is 312 g/mol. The molecule has 0 fully saturated rings. The molecule has 0 radical (unpaired) electrons. The molecule has 126 valence electrons. The second kappa shape index (κ2) is 7.18. The first kappa shape index (κ1) is 16.7. The summed E-state index contributed by atoms with van der Waals surface area (Å²) in [5, 5.41) is 5.03. The Morgan fingerprint density at radius 2 is 1.56 bits per heavy atom. The molecule has 3 aromatic rings. The fraction of sp³-hybridized carbons (Fsp3) is 0.143. The number of anilines is 1. The van der Waals surface area contributed by atoms with Crippen LogP contribution in [0.15, 0.2) is 66.7 Å². The second-order valence-electron chi connectivity index (χ2n) is 6.18. The largest absolute Gasteiger partial charge is 0.349 e. The summed E-state index contributed by atoms with van der Waals surface area (Å²) in [5.41, 5.74) is 2.24. The van der Waals surface area contributed by atoms with E-state index < -0.39 is 0 Å². The van der Waals surface area contributed by atoms with Gasteiger partial charge in [-0.15, -0.1) is 0 Å². The Hall–Kier alpha value is -3.14. The van der Waals surface area contributed by atoms with E-state index in [2.05, 4.69) is 5.32 Å². The van der Waals surface area contributed by atoms with Crippen molar-refractivity contribution in [2.45, 2.75) is 6.42 Å². The Morgan fingerprint density at radius 3 is 2.24 bits per heavy atom. The SMILES string of the molecule is CN(C)C(=O)Cc1ccc(NC(=O)c2ccc3ccccc3c2)cc1. The topological polar surface area (TPSA) is 49.4 Å². The first-order chi connectivity index (χ1) is 12.0. The quantitative estimate of drug-likeness (QED) is 0.791. The summed E-state index contributed by atoms with van der Waals surface area (Å²) in [6.45, 7) is 0. The van der Waals surface area contributed by atoms with Crippen LogP contribution in [-0.4, -0.2) is 30.8 Å². The highest BCUT2D eigenvalue weighted by atomic mass is 16.2. The van der Waals surface area contributed by atoms with Gasteiger partial charge < -0.3 is 10.2 Å². The minimum atomic E-state index is -0.150. The Balaban J connectivity index is 1.70. The predicted octanol–water partition coefficient (Wildman–Crippen LogP) is 3.72. The van der Waals surface area contributed by atoms with Crippen LogP contribution in [0.1, 0.15) is 15.9 Å². The van der Waals surface area contributed by atoms with Crippen molar-refractivity contribution in [3.05, 3.63) is 77.9 Å². The molecular formula is C21H20N2O2. The average molecular weight is 332 g/mol. The summed E-state index contributed by atoms with van der Waals surface area (Å²) < 4.78 is 0. The number of carbonyl (C=O) groups excluding carboxylic acids is 2. The Labute approximate surface area is 147 Å². The number of fused-ring (bicyclic) bond motifs is 1. The minimum absolute atomic E-state index is 0.0490. The van der Waals surface area contributed by atoms with Crippen LogP contribution in [0.3, 0.4) is 0 Å². The van der Waals surface area contributed by atoms with Gasteiger partial charge >= 0.3 is 0 Å². The first-order valence-electron chi connectivity index (χ1n) is 8.12. The molecule has 0 heterocycles. The maximum Gasteiger partial charge on any atom is 0.255 e. The number of hydrogen-bond acceptors (Lipinski definition) is 2. The number of likely N-dealkylation sites (N-methyl/N-ethyl adjacent to an activating group) is 1. The van der Waals surface area contributed by atoms with Gasteiger partial charge in [-0.3, -0.25) is 9.59 Å². The molecule has 0 spiro atoms. The van der Waals surface area contributed by atoms with E-state index >= 15 is 0 Å². The van der Waals surface area contributed by atoms with Gasteiger partial charge in [-0.1, -0.05) is 42.5 Å². The van der Waals surface area contributed by atoms with Crippen molar-refractivity contribution < 1.29 is 9.59 Å². The van der Waals surface area contributed by atoms with Gasteiger partial charge in [0.1, 0.15) is 0 Å². The van der Waals surface area contributed by atoms with Gasteiger partial charge in [0, 0.05) is 25.3 Å². The Kier molecular flexibility index (Phi) is 4.80. The molecule has 0 atom stereocenters. The van der Waals surface area contributed by atoms with Crippen LogP contribution >= 0.6 is 0 Å². The molecule has 25 heavy (non-hydrogen) atoms. The maximum absolute atomic E-state index is 12.4. The molecule has 2 amide bonds. The fourth-order valence-electron chi connectivity index (χ4n) is 2.57. The molecule has 0 unspecified atom stereocenters. The first-order valence-corrected chi connectivity index (χ1v) is 8.12. The van der Waals surface area contributed by atoms with Crippen LogP contribution < -0.4 is 5.32 Å². The van der Waals surface area contributed by atoms with Gasteiger partial charge in [0.15, 0.2) is 0 Å². The number of nitrogens with zero attached hydrogens (tertiary/aromatic N) is 1. The highest BCUT2D eigenvalue weighted by molar-refractivity contribution is 6.06. The van der Waals surface area contributed by atoms with Gasteiger partial charge in [-0.05, 0) is 40.6 Å². The molecule has 3 aromatic carbocycles. The van der Waals surface area contributed by atoms with Crippen molar-refractivity contribution in [2.75, 3.05) is 19.4 Å². The van der Waals surface area contributed by atoms with E-state index in [0.717, 1.165) is 16.3 Å². The molecule has 3 rings (SSSR count). The lowest BCUT2D eigenvalue weighted by molar-refractivity contribution is -0.127. The van der Waals surface area contributed by atoms with Crippen LogP contribution in [0.4, 0.5) is 5.69 Å². The normalized spacial score (nSPS) is 10.5. The Morgan fingerprint density at radius 1 is 0.880 bits per heavy atom. The van der Waals surface area contributed by atoms with E-state index in [0.29, 0.717) is 17.7 Å². The number of nitrogens with one attached hydrogen (secondary N) is 1. The molecule has 0 aliphatic rings. The summed E-state index contributed by atoms with van der Waals surface area (Å²) in [6, 6.07) is 20.9. The van der Waals surface area contributed by atoms with E-state index in [1.165, 1.54) is 0 Å². The third kappa shape index (κ3) is 4.04. The van der Waals surface area contributed by atoms with Gasteiger partial charge in [0.05, 0.1) is 6.42 Å². The Bertz CT molecular complexity index is 915. The van der Waals surface area contributed by atoms with Gasteiger partial charge in [0.2, 0.25) is 5.91 Å². The summed E-state index contributed by atoms with van der Waals surface area (Å²) in [5.74, 6) is -0.101. The molecule has 0 aliphatic heterocycles. The average Bonchev–Trinajstić information content (AvgIpc) is 2.62. The number of rotatable bonds is 4. The van der Waals surface area contributed by atoms with E-state index in [9.17, 15) is 9.59 Å². The van der Waals surface area contributed by atoms with Crippen molar-refractivity contribution in [3.63, 3.8) is 0 Å². The lowest BCUT2D eigenvalue weighted by Crippen LogP contribution is -2.23. The predicted molar refractivity (Wildman–Crippen MR) is 101 cm³/mol. The molecule has 0 aliphatic carbocycles. The summed E-state index contributed by atoms with van der Waals surface area (Å²) in [7, 11) is 3.47. The highest BCUT2D eigenvalue weighted by Crippen LogP contribution is 2.17. The van der Waals surface area contributed by atoms with Crippen molar-refractivity contribution in [3.8, 4) is 0 Å². The van der Waals surface area contributed by atoms with Gasteiger partial charge in [0.25, 0.3) is 5.91 Å². The second-order valence-corrected chi connectivity index (χ2v) is 6.18. The molecule has 1 N–H and O–H groups in total. The molecule has 0 aromatic heterocycles. The summed E-state index contributed by atoms with van der Waals surface area (Å²) >= 11 is 0. The molecule has 4 nitrogen and oxygen atoms in total. The zero-order valence-corrected chi connectivity index (χ0v) is 14.3. The van der Waals surface area contributed by atoms with Crippen LogP contribution in [0.5, 0.6) is 0 Å². The summed E-state index contributed by atoms with van der Waals surface area (Å²) in [4.78, 5) is 25.7. The maximum atomic E-state index is 12.4. The summed E-state index contributed by atoms with van der Waals surface area (Å²) in [6.07, 6.45) is 0.353. The number of amides is 2. The van der Waals surface area contributed by atoms with Gasteiger partial charge in [-0.2, -0.15) is 0 Å². The number of carbonyl (C=O) groups is 2. The third-order valence-electron chi connectivity index (χ3n) is 4.08. The third-order valence-corrected chi connectivity index (χ3v) is 4.08. The molecule has 0 saturated carbocycles. The lowest BCUT2D eigenvalue weighted by atomic mass is 10.1. The van der Waals surface area contributed by atoms with Crippen molar-refractivity contribution >= 4 is 28.3 Å². The lowest BCUT2D eigenvalue weighted by Gasteiger charge is -2.11. The van der Waals surface area contributed by atoms with Crippen LogP contribution in [0.25, 0.3) is 10.8 Å². The minimum Gasteiger partial charge on any atom is -0.349 e. The zero-order chi connectivity index (χ0) is 17.8.